The minimum atomic E-state index is -0.0154. The summed E-state index contributed by atoms with van der Waals surface area (Å²) in [6, 6.07) is 16.6. The fourth-order valence-electron chi connectivity index (χ4n) is 2.69. The van der Waals surface area contributed by atoms with Crippen LogP contribution < -0.4 is 0 Å². The lowest BCUT2D eigenvalue weighted by molar-refractivity contribution is 0.0342. The number of benzene rings is 2. The number of hydrogen-bond donors (Lipinski definition) is 0. The first kappa shape index (κ1) is 15.4. The maximum atomic E-state index is 12.6. The normalized spacial score (nSPS) is 15.1. The molecule has 0 unspecified atom stereocenters. The quantitative estimate of drug-likeness (QED) is 0.815. The molecule has 0 saturated carbocycles. The first-order chi connectivity index (χ1) is 11.3. The van der Waals surface area contributed by atoms with Gasteiger partial charge in [0.25, 0.3) is 0 Å². The van der Waals surface area contributed by atoms with Crippen LogP contribution in [0.25, 0.3) is 0 Å². The molecular weight excluding hydrogens is 288 g/mol. The molecule has 0 N–H and O–H groups in total. The van der Waals surface area contributed by atoms with Gasteiger partial charge in [-0.05, 0) is 35.9 Å². The highest BCUT2D eigenvalue weighted by Crippen LogP contribution is 2.14. The number of morpholine rings is 1. The molecule has 2 aromatic rings. The van der Waals surface area contributed by atoms with Crippen LogP contribution in [0.15, 0.2) is 48.5 Å². The van der Waals surface area contributed by atoms with Crippen molar-refractivity contribution >= 4 is 5.78 Å². The monoisotopic (exact) mass is 306 g/mol. The van der Waals surface area contributed by atoms with E-state index in [1.807, 2.05) is 24.3 Å². The van der Waals surface area contributed by atoms with Crippen LogP contribution in [-0.4, -0.2) is 37.0 Å². The van der Waals surface area contributed by atoms with Crippen LogP contribution in [0.2, 0.25) is 0 Å². The third-order valence-corrected chi connectivity index (χ3v) is 3.98. The summed E-state index contributed by atoms with van der Waals surface area (Å²) in [4.78, 5) is 14.9. The summed E-state index contributed by atoms with van der Waals surface area (Å²) < 4.78 is 5.36. The van der Waals surface area contributed by atoms with Crippen molar-refractivity contribution in [2.24, 2.45) is 0 Å². The Bertz CT molecular complexity index is 726. The third kappa shape index (κ3) is 3.84. The molecule has 0 amide bonds. The number of ketones is 1. The molecule has 0 bridgehead atoms. The van der Waals surface area contributed by atoms with Gasteiger partial charge in [0.05, 0.1) is 24.8 Å². The van der Waals surface area contributed by atoms with E-state index in [1.54, 1.807) is 24.3 Å². The second-order valence-electron chi connectivity index (χ2n) is 5.61. The summed E-state index contributed by atoms with van der Waals surface area (Å²) >= 11 is 0. The van der Waals surface area contributed by atoms with Gasteiger partial charge in [0.1, 0.15) is 0 Å². The van der Waals surface area contributed by atoms with E-state index >= 15 is 0 Å². The summed E-state index contributed by atoms with van der Waals surface area (Å²) in [7, 11) is 0. The van der Waals surface area contributed by atoms with Crippen LogP contribution >= 0.6 is 0 Å². The fourth-order valence-corrected chi connectivity index (χ4v) is 2.69. The zero-order valence-electron chi connectivity index (χ0n) is 12.9. The highest BCUT2D eigenvalue weighted by molar-refractivity contribution is 6.09. The van der Waals surface area contributed by atoms with Gasteiger partial charge in [-0.15, -0.1) is 0 Å². The lowest BCUT2D eigenvalue weighted by Gasteiger charge is -2.26. The fraction of sp³-hybridized carbons (Fsp3) is 0.263. The molecule has 4 nitrogen and oxygen atoms in total. The van der Waals surface area contributed by atoms with Crippen LogP contribution in [-0.2, 0) is 11.3 Å². The Morgan fingerprint density at radius 3 is 2.52 bits per heavy atom. The van der Waals surface area contributed by atoms with Crippen molar-refractivity contribution in [3.8, 4) is 6.07 Å². The molecule has 0 aromatic heterocycles. The Kier molecular flexibility index (Phi) is 4.82. The van der Waals surface area contributed by atoms with Gasteiger partial charge in [0.2, 0.25) is 0 Å². The van der Waals surface area contributed by atoms with Crippen molar-refractivity contribution in [3.05, 3.63) is 70.8 Å². The molecule has 0 atom stereocenters. The molecule has 1 saturated heterocycles. The molecule has 0 aliphatic carbocycles. The van der Waals surface area contributed by atoms with Crippen LogP contribution in [0.1, 0.15) is 27.0 Å². The van der Waals surface area contributed by atoms with Gasteiger partial charge in [0, 0.05) is 30.8 Å². The minimum Gasteiger partial charge on any atom is -0.379 e. The maximum Gasteiger partial charge on any atom is 0.193 e. The number of ether oxygens (including phenoxy) is 1. The van der Waals surface area contributed by atoms with Gasteiger partial charge < -0.3 is 4.74 Å². The Hall–Kier alpha value is -2.48. The van der Waals surface area contributed by atoms with E-state index in [0.717, 1.165) is 38.4 Å². The van der Waals surface area contributed by atoms with Crippen molar-refractivity contribution in [2.75, 3.05) is 26.3 Å². The summed E-state index contributed by atoms with van der Waals surface area (Å²) in [5, 5.41) is 8.83. The highest BCUT2D eigenvalue weighted by Gasteiger charge is 2.13. The van der Waals surface area contributed by atoms with Crippen molar-refractivity contribution in [3.63, 3.8) is 0 Å². The standard InChI is InChI=1S/C19H18N2O2/c20-13-15-4-6-17(7-5-15)19(22)18-3-1-2-16(12-18)14-21-8-10-23-11-9-21/h1-7,12H,8-11,14H2. The maximum absolute atomic E-state index is 12.6. The Balaban J connectivity index is 1.75. The second kappa shape index (κ2) is 7.19. The number of rotatable bonds is 4. The van der Waals surface area contributed by atoms with Crippen LogP contribution in [0.4, 0.5) is 0 Å². The molecule has 2 aromatic carbocycles. The molecule has 1 heterocycles. The second-order valence-corrected chi connectivity index (χ2v) is 5.61. The van der Waals surface area contributed by atoms with E-state index < -0.39 is 0 Å². The molecule has 0 radical (unpaired) electrons. The van der Waals surface area contributed by atoms with Crippen LogP contribution in [0.5, 0.6) is 0 Å². The van der Waals surface area contributed by atoms with E-state index in [1.165, 1.54) is 0 Å². The smallest absolute Gasteiger partial charge is 0.193 e. The number of hydrogen-bond acceptors (Lipinski definition) is 4. The van der Waals surface area contributed by atoms with Crippen molar-refractivity contribution in [1.29, 1.82) is 5.26 Å². The minimum absolute atomic E-state index is 0.0154. The van der Waals surface area contributed by atoms with Gasteiger partial charge in [0.15, 0.2) is 5.78 Å². The largest absolute Gasteiger partial charge is 0.379 e. The van der Waals surface area contributed by atoms with E-state index in [-0.39, 0.29) is 5.78 Å². The summed E-state index contributed by atoms with van der Waals surface area (Å²) in [6.07, 6.45) is 0. The average molecular weight is 306 g/mol. The van der Waals surface area contributed by atoms with Gasteiger partial charge in [-0.25, -0.2) is 0 Å². The first-order valence-electron chi connectivity index (χ1n) is 7.70. The molecule has 23 heavy (non-hydrogen) atoms. The van der Waals surface area contributed by atoms with E-state index in [4.69, 9.17) is 10.00 Å². The predicted octanol–water partition coefficient (Wildman–Crippen LogP) is 2.62. The molecule has 1 fully saturated rings. The first-order valence-corrected chi connectivity index (χ1v) is 7.70. The lowest BCUT2D eigenvalue weighted by Crippen LogP contribution is -2.35. The molecule has 3 rings (SSSR count). The molecular formula is C19H18N2O2. The van der Waals surface area contributed by atoms with Gasteiger partial charge in [-0.2, -0.15) is 5.26 Å². The average Bonchev–Trinajstić information content (AvgIpc) is 2.62. The molecule has 0 spiro atoms. The Morgan fingerprint density at radius 1 is 1.09 bits per heavy atom. The van der Waals surface area contributed by atoms with Gasteiger partial charge in [-0.1, -0.05) is 18.2 Å². The number of carbonyl (C=O) groups excluding carboxylic acids is 1. The van der Waals surface area contributed by atoms with Gasteiger partial charge >= 0.3 is 0 Å². The number of nitrogens with zero attached hydrogens (tertiary/aromatic N) is 2. The van der Waals surface area contributed by atoms with E-state index in [9.17, 15) is 4.79 Å². The molecule has 1 aliphatic heterocycles. The Labute approximate surface area is 135 Å². The zero-order chi connectivity index (χ0) is 16.1. The van der Waals surface area contributed by atoms with Crippen molar-refractivity contribution in [2.45, 2.75) is 6.54 Å². The third-order valence-electron chi connectivity index (χ3n) is 3.98. The van der Waals surface area contributed by atoms with Gasteiger partial charge in [-0.3, -0.25) is 9.69 Å². The summed E-state index contributed by atoms with van der Waals surface area (Å²) in [5.41, 5.74) is 2.97. The predicted molar refractivity (Wildman–Crippen MR) is 87.1 cm³/mol. The van der Waals surface area contributed by atoms with Crippen molar-refractivity contribution in [1.82, 2.24) is 4.90 Å². The van der Waals surface area contributed by atoms with Crippen molar-refractivity contribution < 1.29 is 9.53 Å². The topological polar surface area (TPSA) is 53.3 Å². The molecule has 116 valence electrons. The lowest BCUT2D eigenvalue weighted by atomic mass is 10.0. The summed E-state index contributed by atoms with van der Waals surface area (Å²) in [5.74, 6) is -0.0154. The SMILES string of the molecule is N#Cc1ccc(C(=O)c2cccc(CN3CCOCC3)c2)cc1. The van der Waals surface area contributed by atoms with E-state index in [2.05, 4.69) is 11.0 Å². The highest BCUT2D eigenvalue weighted by atomic mass is 16.5. The Morgan fingerprint density at radius 2 is 1.83 bits per heavy atom. The van der Waals surface area contributed by atoms with E-state index in [0.29, 0.717) is 16.7 Å². The summed E-state index contributed by atoms with van der Waals surface area (Å²) in [6.45, 7) is 4.22. The van der Waals surface area contributed by atoms with Crippen LogP contribution in [0, 0.1) is 11.3 Å². The number of nitriles is 1. The molecule has 1 aliphatic rings. The number of carbonyl (C=O) groups is 1. The molecule has 4 heteroatoms. The zero-order valence-corrected chi connectivity index (χ0v) is 12.9. The van der Waals surface area contributed by atoms with Crippen LogP contribution in [0.3, 0.4) is 0 Å².